The molecule has 2 aliphatic rings. The van der Waals surface area contributed by atoms with Crippen molar-refractivity contribution < 1.29 is 14.3 Å². The number of carbonyl (C=O) groups excluding carboxylic acids is 2. The first kappa shape index (κ1) is 20.2. The highest BCUT2D eigenvalue weighted by Gasteiger charge is 2.33. The lowest BCUT2D eigenvalue weighted by Gasteiger charge is -2.24. The largest absolute Gasteiger partial charge is 0.373 e. The second kappa shape index (κ2) is 8.76. The Balaban J connectivity index is 1.63. The molecule has 0 saturated carbocycles. The molecule has 2 amide bonds. The lowest BCUT2D eigenvalue weighted by atomic mass is 10.0. The molecule has 6 heteroatoms. The fourth-order valence-corrected chi connectivity index (χ4v) is 4.37. The van der Waals surface area contributed by atoms with E-state index in [9.17, 15) is 9.59 Å². The van der Waals surface area contributed by atoms with Crippen molar-refractivity contribution in [2.24, 2.45) is 0 Å². The smallest absolute Gasteiger partial charge is 0.271 e. The molecule has 0 spiro atoms. The molecule has 2 aliphatic heterocycles. The van der Waals surface area contributed by atoms with Gasteiger partial charge in [-0.3, -0.25) is 9.59 Å². The fourth-order valence-electron chi connectivity index (χ4n) is 4.37. The third kappa shape index (κ3) is 3.73. The monoisotopic (exact) mass is 405 g/mol. The van der Waals surface area contributed by atoms with E-state index in [2.05, 4.69) is 11.2 Å². The molecule has 2 aromatic rings. The zero-order chi connectivity index (χ0) is 21.1. The maximum atomic E-state index is 13.3. The molecule has 1 aromatic carbocycles. The molecule has 0 bridgehead atoms. The minimum Gasteiger partial charge on any atom is -0.373 e. The molecule has 1 saturated heterocycles. The summed E-state index contributed by atoms with van der Waals surface area (Å²) in [6, 6.07) is 11.3. The Morgan fingerprint density at radius 3 is 2.83 bits per heavy atom. The second-order valence-corrected chi connectivity index (χ2v) is 7.76. The van der Waals surface area contributed by atoms with Crippen molar-refractivity contribution in [1.82, 2.24) is 14.8 Å². The highest BCUT2D eigenvalue weighted by atomic mass is 16.5. The Labute approximate surface area is 177 Å². The topological polar surface area (TPSA) is 63.6 Å². The molecule has 1 fully saturated rings. The van der Waals surface area contributed by atoms with Gasteiger partial charge in [-0.05, 0) is 30.9 Å². The van der Waals surface area contributed by atoms with E-state index in [1.807, 2.05) is 41.8 Å². The summed E-state index contributed by atoms with van der Waals surface area (Å²) in [5.41, 5.74) is 2.83. The summed E-state index contributed by atoms with van der Waals surface area (Å²) in [4.78, 5) is 28.2. The summed E-state index contributed by atoms with van der Waals surface area (Å²) in [5, 5.41) is 3.13. The van der Waals surface area contributed by atoms with Crippen LogP contribution in [0.1, 0.15) is 64.3 Å². The number of hydrogen-bond acceptors (Lipinski definition) is 3. The molecular weight excluding hydrogens is 378 g/mol. The van der Waals surface area contributed by atoms with Crippen molar-refractivity contribution in [1.29, 1.82) is 0 Å². The van der Waals surface area contributed by atoms with Gasteiger partial charge in [0, 0.05) is 13.1 Å². The van der Waals surface area contributed by atoms with Crippen molar-refractivity contribution in [3.63, 3.8) is 0 Å². The molecule has 3 heterocycles. The van der Waals surface area contributed by atoms with Gasteiger partial charge in [-0.15, -0.1) is 6.42 Å². The van der Waals surface area contributed by atoms with Crippen molar-refractivity contribution in [2.45, 2.75) is 51.4 Å². The number of likely N-dealkylation sites (tertiary alicyclic amines) is 1. The number of carbonyl (C=O) groups is 2. The van der Waals surface area contributed by atoms with Crippen LogP contribution in [-0.4, -0.2) is 40.5 Å². The van der Waals surface area contributed by atoms with Crippen LogP contribution < -0.4 is 5.32 Å². The Kier molecular flexibility index (Phi) is 5.91. The standard InChI is InChI=1S/C24H27N3O3/c1-3-18-11-8-12-26(18)24(29)21-15-19(22-16-30-14-13-27(21)22)23(28)25-20(4-2)17-9-6-5-7-10-17/h1,5-7,9-10,15,18,20H,4,8,11-14,16H2,2H3,(H,25,28)/t18?,20-/m1/s1. The highest BCUT2D eigenvalue weighted by Crippen LogP contribution is 2.26. The highest BCUT2D eigenvalue weighted by molar-refractivity contribution is 6.01. The van der Waals surface area contributed by atoms with Gasteiger partial charge in [0.25, 0.3) is 11.8 Å². The van der Waals surface area contributed by atoms with Crippen molar-refractivity contribution >= 4 is 11.8 Å². The molecule has 0 aliphatic carbocycles. The Morgan fingerprint density at radius 1 is 1.30 bits per heavy atom. The predicted octanol–water partition coefficient (Wildman–Crippen LogP) is 3.14. The third-order valence-electron chi connectivity index (χ3n) is 5.99. The van der Waals surface area contributed by atoms with Crippen molar-refractivity contribution in [3.8, 4) is 12.3 Å². The number of benzene rings is 1. The van der Waals surface area contributed by atoms with Crippen LogP contribution >= 0.6 is 0 Å². The van der Waals surface area contributed by atoms with Crippen LogP contribution in [0.25, 0.3) is 0 Å². The minimum absolute atomic E-state index is 0.0951. The Bertz CT molecular complexity index is 974. The lowest BCUT2D eigenvalue weighted by molar-refractivity contribution is 0.0697. The van der Waals surface area contributed by atoms with Crippen LogP contribution in [-0.2, 0) is 17.9 Å². The molecular formula is C24H27N3O3. The van der Waals surface area contributed by atoms with Crippen molar-refractivity contribution in [2.75, 3.05) is 13.2 Å². The van der Waals surface area contributed by atoms with Crippen LogP contribution in [0.5, 0.6) is 0 Å². The number of terminal acetylenes is 1. The van der Waals surface area contributed by atoms with E-state index in [1.165, 1.54) is 0 Å². The van der Waals surface area contributed by atoms with Crippen LogP contribution in [0.3, 0.4) is 0 Å². The SMILES string of the molecule is C#CC1CCCN1C(=O)c1cc(C(=O)N[C@H](CC)c2ccccc2)c2n1CCOC2. The number of ether oxygens (including phenoxy) is 1. The molecule has 1 aromatic heterocycles. The predicted molar refractivity (Wildman–Crippen MR) is 114 cm³/mol. The molecule has 6 nitrogen and oxygen atoms in total. The number of fused-ring (bicyclic) bond motifs is 1. The number of rotatable bonds is 5. The van der Waals surface area contributed by atoms with Crippen LogP contribution in [0.15, 0.2) is 36.4 Å². The van der Waals surface area contributed by atoms with E-state index in [4.69, 9.17) is 11.2 Å². The summed E-state index contributed by atoms with van der Waals surface area (Å²) < 4.78 is 7.53. The van der Waals surface area contributed by atoms with E-state index < -0.39 is 0 Å². The van der Waals surface area contributed by atoms with Crippen LogP contribution in [0, 0.1) is 12.3 Å². The quantitative estimate of drug-likeness (QED) is 0.778. The normalized spacial score (nSPS) is 19.1. The van der Waals surface area contributed by atoms with Crippen LogP contribution in [0.2, 0.25) is 0 Å². The maximum Gasteiger partial charge on any atom is 0.271 e. The minimum atomic E-state index is -0.186. The summed E-state index contributed by atoms with van der Waals surface area (Å²) in [7, 11) is 0. The summed E-state index contributed by atoms with van der Waals surface area (Å²) in [6.07, 6.45) is 8.12. The number of nitrogens with zero attached hydrogens (tertiary/aromatic N) is 2. The lowest BCUT2D eigenvalue weighted by Crippen LogP contribution is -2.36. The zero-order valence-corrected chi connectivity index (χ0v) is 17.3. The van der Waals surface area contributed by atoms with Gasteiger partial charge < -0.3 is 19.5 Å². The van der Waals surface area contributed by atoms with E-state index in [-0.39, 0.29) is 23.9 Å². The first-order valence-corrected chi connectivity index (χ1v) is 10.6. The molecule has 1 N–H and O–H groups in total. The number of nitrogens with one attached hydrogen (secondary N) is 1. The van der Waals surface area contributed by atoms with Gasteiger partial charge in [-0.1, -0.05) is 43.2 Å². The van der Waals surface area contributed by atoms with Crippen molar-refractivity contribution in [3.05, 3.63) is 58.9 Å². The van der Waals surface area contributed by atoms with Gasteiger partial charge in [0.2, 0.25) is 0 Å². The fraction of sp³-hybridized carbons (Fsp3) is 0.417. The van der Waals surface area contributed by atoms with Gasteiger partial charge in [-0.2, -0.15) is 0 Å². The van der Waals surface area contributed by atoms with Gasteiger partial charge in [0.1, 0.15) is 5.69 Å². The maximum absolute atomic E-state index is 13.3. The van der Waals surface area contributed by atoms with E-state index in [1.54, 1.807) is 11.0 Å². The Hall–Kier alpha value is -3.04. The first-order valence-electron chi connectivity index (χ1n) is 10.6. The summed E-state index contributed by atoms with van der Waals surface area (Å²) >= 11 is 0. The molecule has 156 valence electrons. The third-order valence-corrected chi connectivity index (χ3v) is 5.99. The average molecular weight is 405 g/mol. The molecule has 30 heavy (non-hydrogen) atoms. The van der Waals surface area contributed by atoms with Crippen LogP contribution in [0.4, 0.5) is 0 Å². The molecule has 0 radical (unpaired) electrons. The van der Waals surface area contributed by atoms with Gasteiger partial charge >= 0.3 is 0 Å². The molecule has 1 unspecified atom stereocenters. The number of hydrogen-bond donors (Lipinski definition) is 1. The summed E-state index contributed by atoms with van der Waals surface area (Å²) in [5.74, 6) is 2.43. The van der Waals surface area contributed by atoms with Gasteiger partial charge in [0.05, 0.1) is 36.6 Å². The second-order valence-electron chi connectivity index (χ2n) is 7.76. The molecule has 2 atom stereocenters. The number of aromatic nitrogens is 1. The average Bonchev–Trinajstić information content (AvgIpc) is 3.42. The molecule has 4 rings (SSSR count). The first-order chi connectivity index (χ1) is 14.6. The van der Waals surface area contributed by atoms with E-state index >= 15 is 0 Å². The van der Waals surface area contributed by atoms with E-state index in [0.717, 1.165) is 30.5 Å². The van der Waals surface area contributed by atoms with E-state index in [0.29, 0.717) is 37.6 Å². The number of amides is 2. The van der Waals surface area contributed by atoms with Gasteiger partial charge in [-0.25, -0.2) is 0 Å². The summed E-state index contributed by atoms with van der Waals surface area (Å²) in [6.45, 7) is 4.07. The Morgan fingerprint density at radius 2 is 2.10 bits per heavy atom. The zero-order valence-electron chi connectivity index (χ0n) is 17.3. The van der Waals surface area contributed by atoms with Gasteiger partial charge in [0.15, 0.2) is 0 Å².